The first-order valence-corrected chi connectivity index (χ1v) is 11.5. The van der Waals surface area contributed by atoms with Crippen LogP contribution < -0.4 is 14.8 Å². The van der Waals surface area contributed by atoms with Gasteiger partial charge in [-0.25, -0.2) is 0 Å². The van der Waals surface area contributed by atoms with Crippen LogP contribution in [0.5, 0.6) is 11.5 Å². The van der Waals surface area contributed by atoms with Crippen LogP contribution in [0.1, 0.15) is 55.7 Å². The van der Waals surface area contributed by atoms with Gasteiger partial charge in [0.2, 0.25) is 0 Å². The van der Waals surface area contributed by atoms with Gasteiger partial charge in [-0.3, -0.25) is 0 Å². The Labute approximate surface area is 195 Å². The molecule has 0 spiro atoms. The first-order chi connectivity index (χ1) is 14.2. The summed E-state index contributed by atoms with van der Waals surface area (Å²) in [5.41, 5.74) is 5.20. The van der Waals surface area contributed by atoms with Crippen LogP contribution in [0.2, 0.25) is 0 Å². The van der Waals surface area contributed by atoms with Gasteiger partial charge in [0.15, 0.2) is 11.5 Å². The van der Waals surface area contributed by atoms with Crippen molar-refractivity contribution in [2.75, 3.05) is 13.2 Å². The summed E-state index contributed by atoms with van der Waals surface area (Å²) in [6, 6.07) is 12.6. The molecule has 0 saturated carbocycles. The second-order valence-corrected chi connectivity index (χ2v) is 8.50. The van der Waals surface area contributed by atoms with E-state index in [0.717, 1.165) is 41.0 Å². The molecule has 1 aliphatic carbocycles. The Hall–Kier alpha value is -1.49. The molecule has 2 aromatic rings. The van der Waals surface area contributed by atoms with Crippen molar-refractivity contribution in [1.29, 1.82) is 0 Å². The first-order valence-electron chi connectivity index (χ1n) is 10.7. The number of hydrogen-bond donors (Lipinski definition) is 1. The highest BCUT2D eigenvalue weighted by molar-refractivity contribution is 9.10. The summed E-state index contributed by atoms with van der Waals surface area (Å²) in [7, 11) is 0. The SMILES string of the molecule is CCOc1cc(CNCCC2=CCCCC2)cc(Br)c1OCc1ccc(C)cc1.Cl. The van der Waals surface area contributed by atoms with Crippen LogP contribution in [0.3, 0.4) is 0 Å². The zero-order chi connectivity index (χ0) is 20.5. The third kappa shape index (κ3) is 7.64. The smallest absolute Gasteiger partial charge is 0.175 e. The summed E-state index contributed by atoms with van der Waals surface area (Å²) < 4.78 is 12.9. The molecular formula is C25H33BrClNO2. The molecule has 0 amide bonds. The molecule has 0 heterocycles. The number of allylic oxidation sites excluding steroid dienone is 1. The van der Waals surface area contributed by atoms with Gasteiger partial charge in [-0.1, -0.05) is 41.5 Å². The highest BCUT2D eigenvalue weighted by Crippen LogP contribution is 2.37. The highest BCUT2D eigenvalue weighted by Gasteiger charge is 2.13. The zero-order valence-corrected chi connectivity index (χ0v) is 20.4. The van der Waals surface area contributed by atoms with Crippen LogP contribution in [0.25, 0.3) is 0 Å². The molecule has 1 aliphatic rings. The lowest BCUT2D eigenvalue weighted by Crippen LogP contribution is -2.16. The van der Waals surface area contributed by atoms with Gasteiger partial charge in [-0.15, -0.1) is 12.4 Å². The van der Waals surface area contributed by atoms with Crippen LogP contribution >= 0.6 is 28.3 Å². The molecule has 2 aromatic carbocycles. The van der Waals surface area contributed by atoms with Gasteiger partial charge < -0.3 is 14.8 Å². The van der Waals surface area contributed by atoms with Gasteiger partial charge in [0.05, 0.1) is 11.1 Å². The van der Waals surface area contributed by atoms with Crippen molar-refractivity contribution in [3.05, 3.63) is 69.2 Å². The molecular weight excluding hydrogens is 462 g/mol. The molecule has 1 N–H and O–H groups in total. The van der Waals surface area contributed by atoms with Crippen molar-refractivity contribution in [3.8, 4) is 11.5 Å². The summed E-state index contributed by atoms with van der Waals surface area (Å²) in [4.78, 5) is 0. The number of aryl methyl sites for hydroxylation is 1. The largest absolute Gasteiger partial charge is 0.490 e. The number of halogens is 2. The summed E-state index contributed by atoms with van der Waals surface area (Å²) >= 11 is 3.68. The number of nitrogens with one attached hydrogen (secondary N) is 1. The Balaban J connectivity index is 0.00000320. The fraction of sp³-hybridized carbons (Fsp3) is 0.440. The Bertz CT molecular complexity index is 821. The van der Waals surface area contributed by atoms with Crippen LogP contribution in [-0.2, 0) is 13.2 Å². The summed E-state index contributed by atoms with van der Waals surface area (Å²) in [6.45, 7) is 7.06. The van der Waals surface area contributed by atoms with Crippen molar-refractivity contribution in [3.63, 3.8) is 0 Å². The van der Waals surface area contributed by atoms with E-state index in [1.54, 1.807) is 5.57 Å². The van der Waals surface area contributed by atoms with E-state index >= 15 is 0 Å². The number of hydrogen-bond acceptors (Lipinski definition) is 3. The monoisotopic (exact) mass is 493 g/mol. The van der Waals surface area contributed by atoms with E-state index in [1.165, 1.54) is 36.8 Å². The lowest BCUT2D eigenvalue weighted by Gasteiger charge is -2.16. The lowest BCUT2D eigenvalue weighted by atomic mass is 9.97. The van der Waals surface area contributed by atoms with E-state index in [4.69, 9.17) is 9.47 Å². The molecule has 164 valence electrons. The predicted molar refractivity (Wildman–Crippen MR) is 131 cm³/mol. The van der Waals surface area contributed by atoms with E-state index in [-0.39, 0.29) is 12.4 Å². The maximum Gasteiger partial charge on any atom is 0.175 e. The molecule has 0 bridgehead atoms. The minimum Gasteiger partial charge on any atom is -0.490 e. The quantitative estimate of drug-likeness (QED) is 0.281. The number of ether oxygens (including phenoxy) is 2. The Morgan fingerprint density at radius 1 is 1.03 bits per heavy atom. The molecule has 3 rings (SSSR count). The average molecular weight is 495 g/mol. The fourth-order valence-corrected chi connectivity index (χ4v) is 4.18. The summed E-state index contributed by atoms with van der Waals surface area (Å²) in [6.07, 6.45) is 8.80. The predicted octanol–water partition coefficient (Wildman–Crippen LogP) is 7.14. The van der Waals surface area contributed by atoms with E-state index in [2.05, 4.69) is 70.6 Å². The minimum atomic E-state index is 0. The number of rotatable bonds is 10. The second-order valence-electron chi connectivity index (χ2n) is 7.65. The lowest BCUT2D eigenvalue weighted by molar-refractivity contribution is 0.267. The highest BCUT2D eigenvalue weighted by atomic mass is 79.9. The van der Waals surface area contributed by atoms with E-state index in [9.17, 15) is 0 Å². The van der Waals surface area contributed by atoms with Gasteiger partial charge in [0.25, 0.3) is 0 Å². The Morgan fingerprint density at radius 3 is 2.53 bits per heavy atom. The van der Waals surface area contributed by atoms with E-state index in [0.29, 0.717) is 13.2 Å². The minimum absolute atomic E-state index is 0. The maximum absolute atomic E-state index is 6.11. The molecule has 0 unspecified atom stereocenters. The third-order valence-corrected chi connectivity index (χ3v) is 5.80. The molecule has 5 heteroatoms. The van der Waals surface area contributed by atoms with Crippen LogP contribution in [0, 0.1) is 6.92 Å². The van der Waals surface area contributed by atoms with E-state index in [1.807, 2.05) is 6.92 Å². The fourth-order valence-electron chi connectivity index (χ4n) is 3.58. The standard InChI is InChI=1S/C25H32BrNO2.ClH/c1-3-28-24-16-22(17-27-14-13-20-7-5-4-6-8-20)15-23(26)25(24)29-18-21-11-9-19(2)10-12-21;/h7,9-12,15-16,27H,3-6,8,13-14,17-18H2,1-2H3;1H. The molecule has 0 fully saturated rings. The Morgan fingerprint density at radius 2 is 1.83 bits per heavy atom. The van der Waals surface area contributed by atoms with Gasteiger partial charge in [-0.2, -0.15) is 0 Å². The number of benzene rings is 2. The van der Waals surface area contributed by atoms with Gasteiger partial charge >= 0.3 is 0 Å². The van der Waals surface area contributed by atoms with Gasteiger partial charge in [-0.05, 0) is 91.7 Å². The van der Waals surface area contributed by atoms with Crippen molar-refractivity contribution in [2.45, 2.75) is 59.1 Å². The molecule has 0 saturated heterocycles. The maximum atomic E-state index is 6.11. The van der Waals surface area contributed by atoms with Crippen molar-refractivity contribution < 1.29 is 9.47 Å². The molecule has 0 aliphatic heterocycles. The zero-order valence-electron chi connectivity index (χ0n) is 18.0. The van der Waals surface area contributed by atoms with Crippen molar-refractivity contribution in [2.24, 2.45) is 0 Å². The average Bonchev–Trinajstić information content (AvgIpc) is 2.73. The van der Waals surface area contributed by atoms with Crippen molar-refractivity contribution >= 4 is 28.3 Å². The van der Waals surface area contributed by atoms with Gasteiger partial charge in [0, 0.05) is 6.54 Å². The van der Waals surface area contributed by atoms with E-state index < -0.39 is 0 Å². The molecule has 0 aromatic heterocycles. The first kappa shape index (κ1) is 24.8. The molecule has 0 radical (unpaired) electrons. The van der Waals surface area contributed by atoms with Crippen LogP contribution in [-0.4, -0.2) is 13.2 Å². The van der Waals surface area contributed by atoms with Crippen LogP contribution in [0.15, 0.2) is 52.5 Å². The second kappa shape index (κ2) is 13.0. The summed E-state index contributed by atoms with van der Waals surface area (Å²) in [5, 5.41) is 3.57. The van der Waals surface area contributed by atoms with Crippen LogP contribution in [0.4, 0.5) is 0 Å². The summed E-state index contributed by atoms with van der Waals surface area (Å²) in [5.74, 6) is 1.56. The third-order valence-electron chi connectivity index (χ3n) is 5.21. The Kier molecular flexibility index (Phi) is 10.8. The molecule has 30 heavy (non-hydrogen) atoms. The topological polar surface area (TPSA) is 30.5 Å². The molecule has 0 atom stereocenters. The van der Waals surface area contributed by atoms with Crippen molar-refractivity contribution in [1.82, 2.24) is 5.32 Å². The molecule has 3 nitrogen and oxygen atoms in total. The normalized spacial score (nSPS) is 13.4. The van der Waals surface area contributed by atoms with Gasteiger partial charge in [0.1, 0.15) is 6.61 Å².